The Kier molecular flexibility index (Phi) is 9.54. The average molecular weight is 482 g/mol. The van der Waals surface area contributed by atoms with Crippen LogP contribution >= 0.6 is 0 Å². The molecular weight excluding hydrogens is 446 g/mol. The maximum atomic E-state index is 10.8. The van der Waals surface area contributed by atoms with Crippen molar-refractivity contribution >= 4 is 0 Å². The lowest BCUT2D eigenvalue weighted by atomic mass is 10.0. The minimum atomic E-state index is -0.575. The number of hydrogen-bond acceptors (Lipinski definition) is 4. The highest BCUT2D eigenvalue weighted by atomic mass is 16.5. The van der Waals surface area contributed by atoms with Crippen LogP contribution in [0.25, 0.3) is 0 Å². The molecule has 0 aromatic heterocycles. The lowest BCUT2D eigenvalue weighted by Gasteiger charge is -2.21. The molecule has 0 aliphatic heterocycles. The topological polar surface area (TPSA) is 50.7 Å². The van der Waals surface area contributed by atoms with Gasteiger partial charge in [-0.05, 0) is 72.8 Å². The zero-order chi connectivity index (χ0) is 25.0. The van der Waals surface area contributed by atoms with Crippen LogP contribution in [0.5, 0.6) is 11.5 Å². The summed E-state index contributed by atoms with van der Waals surface area (Å²) < 4.78 is 11.7. The van der Waals surface area contributed by atoms with Gasteiger partial charge >= 0.3 is 0 Å². The van der Waals surface area contributed by atoms with Crippen molar-refractivity contribution in [2.75, 3.05) is 6.54 Å². The molecule has 186 valence electrons. The van der Waals surface area contributed by atoms with Crippen molar-refractivity contribution in [2.45, 2.75) is 45.1 Å². The van der Waals surface area contributed by atoms with Gasteiger partial charge in [0.05, 0.1) is 6.10 Å². The summed E-state index contributed by atoms with van der Waals surface area (Å²) in [5, 5.41) is 14.2. The first-order valence-corrected chi connectivity index (χ1v) is 12.6. The van der Waals surface area contributed by atoms with E-state index in [-0.39, 0.29) is 6.04 Å². The molecule has 0 aliphatic rings. The average Bonchev–Trinajstić information content (AvgIpc) is 2.94. The predicted octanol–water partition coefficient (Wildman–Crippen LogP) is 6.49. The van der Waals surface area contributed by atoms with E-state index in [4.69, 9.17) is 9.47 Å². The summed E-state index contributed by atoms with van der Waals surface area (Å²) in [6.07, 6.45) is 1.39. The fourth-order valence-electron chi connectivity index (χ4n) is 4.02. The van der Waals surface area contributed by atoms with Crippen molar-refractivity contribution in [3.8, 4) is 11.5 Å². The summed E-state index contributed by atoms with van der Waals surface area (Å²) in [7, 11) is 0. The number of nitrogens with one attached hydrogen (secondary N) is 1. The summed E-state index contributed by atoms with van der Waals surface area (Å²) in [6.45, 7) is 3.96. The van der Waals surface area contributed by atoms with Gasteiger partial charge in [0, 0.05) is 6.04 Å². The molecule has 0 spiro atoms. The van der Waals surface area contributed by atoms with E-state index in [0.29, 0.717) is 13.2 Å². The van der Waals surface area contributed by atoms with Crippen molar-refractivity contribution in [1.82, 2.24) is 5.32 Å². The Morgan fingerprint density at radius 3 is 1.67 bits per heavy atom. The Labute approximate surface area is 214 Å². The molecule has 4 aromatic carbocycles. The lowest BCUT2D eigenvalue weighted by Crippen LogP contribution is -2.33. The zero-order valence-electron chi connectivity index (χ0n) is 20.8. The number of rotatable bonds is 13. The van der Waals surface area contributed by atoms with Gasteiger partial charge in [-0.1, -0.05) is 84.9 Å². The summed E-state index contributed by atoms with van der Waals surface area (Å²) in [4.78, 5) is 0. The van der Waals surface area contributed by atoms with E-state index >= 15 is 0 Å². The highest BCUT2D eigenvalue weighted by molar-refractivity contribution is 5.30. The minimum absolute atomic E-state index is 0.0464. The maximum Gasteiger partial charge on any atom is 0.119 e. The maximum absolute atomic E-state index is 10.8. The first-order chi connectivity index (χ1) is 17.7. The molecule has 36 heavy (non-hydrogen) atoms. The lowest BCUT2D eigenvalue weighted by molar-refractivity contribution is 0.136. The second-order valence-corrected chi connectivity index (χ2v) is 9.05. The Bertz CT molecular complexity index is 1150. The first-order valence-electron chi connectivity index (χ1n) is 12.6. The molecule has 4 rings (SSSR count). The number of aryl methyl sites for hydroxylation is 1. The third-order valence-electron chi connectivity index (χ3n) is 6.22. The van der Waals surface area contributed by atoms with Crippen molar-refractivity contribution in [1.29, 1.82) is 0 Å². The number of aliphatic hydroxyl groups excluding tert-OH is 1. The van der Waals surface area contributed by atoms with Crippen LogP contribution in [0, 0.1) is 0 Å². The Hall–Kier alpha value is -3.60. The Balaban J connectivity index is 1.14. The number of ether oxygens (including phenoxy) is 2. The van der Waals surface area contributed by atoms with Gasteiger partial charge in [0.15, 0.2) is 0 Å². The summed E-state index contributed by atoms with van der Waals surface area (Å²) in [5.41, 5.74) is 4.46. The van der Waals surface area contributed by atoms with E-state index in [1.54, 1.807) is 0 Å². The molecule has 4 heteroatoms. The molecule has 4 aromatic rings. The standard InChI is InChI=1S/C32H35NO3/c1-25(32(34)29-16-20-31(21-17-29)36-24-28-11-6-3-7-12-28)33-22-8-13-26-14-18-30(19-15-26)35-23-27-9-4-2-5-10-27/h2-7,9-12,14-21,25,32-34H,8,13,22-24H2,1H3. The van der Waals surface area contributed by atoms with Gasteiger partial charge in [-0.25, -0.2) is 0 Å². The highest BCUT2D eigenvalue weighted by Crippen LogP contribution is 2.21. The number of aliphatic hydroxyl groups is 1. The smallest absolute Gasteiger partial charge is 0.119 e. The largest absolute Gasteiger partial charge is 0.489 e. The van der Waals surface area contributed by atoms with Crippen molar-refractivity contribution in [3.63, 3.8) is 0 Å². The van der Waals surface area contributed by atoms with Gasteiger partial charge < -0.3 is 19.9 Å². The van der Waals surface area contributed by atoms with E-state index in [1.165, 1.54) is 5.56 Å². The van der Waals surface area contributed by atoms with Crippen LogP contribution in [0.2, 0.25) is 0 Å². The third-order valence-corrected chi connectivity index (χ3v) is 6.22. The molecule has 0 saturated carbocycles. The number of hydrogen-bond donors (Lipinski definition) is 2. The molecule has 0 amide bonds. The van der Waals surface area contributed by atoms with Gasteiger partial charge in [0.1, 0.15) is 24.7 Å². The summed E-state index contributed by atoms with van der Waals surface area (Å²) >= 11 is 0. The summed E-state index contributed by atoms with van der Waals surface area (Å²) in [6, 6.07) is 36.3. The number of benzene rings is 4. The molecule has 0 aliphatic carbocycles. The van der Waals surface area contributed by atoms with Crippen LogP contribution in [0.15, 0.2) is 109 Å². The van der Waals surface area contributed by atoms with Crippen molar-refractivity contribution in [3.05, 3.63) is 131 Å². The molecule has 2 N–H and O–H groups in total. The van der Waals surface area contributed by atoms with E-state index in [0.717, 1.165) is 47.6 Å². The Morgan fingerprint density at radius 2 is 1.14 bits per heavy atom. The Morgan fingerprint density at radius 1 is 0.639 bits per heavy atom. The van der Waals surface area contributed by atoms with Gasteiger partial charge in [-0.3, -0.25) is 0 Å². The SMILES string of the molecule is CC(NCCCc1ccc(OCc2ccccc2)cc1)C(O)c1ccc(OCc2ccccc2)cc1. The van der Waals surface area contributed by atoms with E-state index in [9.17, 15) is 5.11 Å². The molecule has 0 heterocycles. The van der Waals surface area contributed by atoms with E-state index in [2.05, 4.69) is 29.6 Å². The van der Waals surface area contributed by atoms with Gasteiger partial charge in [0.25, 0.3) is 0 Å². The zero-order valence-corrected chi connectivity index (χ0v) is 20.8. The third kappa shape index (κ3) is 7.98. The van der Waals surface area contributed by atoms with Gasteiger partial charge in [-0.15, -0.1) is 0 Å². The molecule has 0 fully saturated rings. The van der Waals surface area contributed by atoms with Crippen LogP contribution in [0.1, 0.15) is 41.7 Å². The molecule has 2 unspecified atom stereocenters. The molecule has 0 saturated heterocycles. The molecule has 0 radical (unpaired) electrons. The van der Waals surface area contributed by atoms with Crippen LogP contribution < -0.4 is 14.8 Å². The molecule has 2 atom stereocenters. The fourth-order valence-corrected chi connectivity index (χ4v) is 4.02. The van der Waals surface area contributed by atoms with Gasteiger partial charge in [0.2, 0.25) is 0 Å². The van der Waals surface area contributed by atoms with Crippen LogP contribution in [-0.2, 0) is 19.6 Å². The predicted molar refractivity (Wildman–Crippen MR) is 145 cm³/mol. The molecule has 0 bridgehead atoms. The second kappa shape index (κ2) is 13.5. The second-order valence-electron chi connectivity index (χ2n) is 9.05. The summed E-state index contributed by atoms with van der Waals surface area (Å²) in [5.74, 6) is 1.68. The molecular formula is C32H35NO3. The van der Waals surface area contributed by atoms with E-state index < -0.39 is 6.10 Å². The fraction of sp³-hybridized carbons (Fsp3) is 0.250. The molecule has 4 nitrogen and oxygen atoms in total. The minimum Gasteiger partial charge on any atom is -0.489 e. The highest BCUT2D eigenvalue weighted by Gasteiger charge is 2.15. The van der Waals surface area contributed by atoms with Crippen LogP contribution in [0.3, 0.4) is 0 Å². The normalized spacial score (nSPS) is 12.6. The van der Waals surface area contributed by atoms with Crippen LogP contribution in [-0.4, -0.2) is 17.7 Å². The van der Waals surface area contributed by atoms with Gasteiger partial charge in [-0.2, -0.15) is 0 Å². The quantitative estimate of drug-likeness (QED) is 0.214. The van der Waals surface area contributed by atoms with E-state index in [1.807, 2.05) is 91.9 Å². The van der Waals surface area contributed by atoms with Crippen molar-refractivity contribution < 1.29 is 14.6 Å². The van der Waals surface area contributed by atoms with Crippen LogP contribution in [0.4, 0.5) is 0 Å². The van der Waals surface area contributed by atoms with Crippen molar-refractivity contribution in [2.24, 2.45) is 0 Å². The first kappa shape index (κ1) is 25.5. The monoisotopic (exact) mass is 481 g/mol.